The van der Waals surface area contributed by atoms with Crippen LogP contribution >= 0.6 is 0 Å². The Morgan fingerprint density at radius 2 is 2.00 bits per heavy atom. The van der Waals surface area contributed by atoms with Crippen LogP contribution in [0, 0.1) is 5.92 Å². The molecular formula is C21H22N4O3. The second-order valence-corrected chi connectivity index (χ2v) is 7.21. The molecule has 1 saturated carbocycles. The van der Waals surface area contributed by atoms with Crippen LogP contribution < -0.4 is 15.5 Å². The van der Waals surface area contributed by atoms with Gasteiger partial charge in [0, 0.05) is 42.8 Å². The lowest BCUT2D eigenvalue weighted by molar-refractivity contribution is -0.136. The van der Waals surface area contributed by atoms with Gasteiger partial charge < -0.3 is 15.5 Å². The highest BCUT2D eigenvalue weighted by Crippen LogP contribution is 2.36. The van der Waals surface area contributed by atoms with Crippen LogP contribution in [0.4, 0.5) is 11.4 Å². The molecule has 1 aliphatic carbocycles. The van der Waals surface area contributed by atoms with Crippen molar-refractivity contribution in [2.45, 2.75) is 32.2 Å². The summed E-state index contributed by atoms with van der Waals surface area (Å²) in [5.41, 5.74) is 3.31. The SMILES string of the molecule is O=C(NCc1cccnc1)C(=O)Nc1ccc2c(c1)CCCN2C(=O)C1CC1. The van der Waals surface area contributed by atoms with Gasteiger partial charge in [0.15, 0.2) is 0 Å². The highest BCUT2D eigenvalue weighted by molar-refractivity contribution is 6.39. The van der Waals surface area contributed by atoms with Crippen molar-refractivity contribution in [3.05, 3.63) is 53.9 Å². The van der Waals surface area contributed by atoms with E-state index in [0.29, 0.717) is 5.69 Å². The molecule has 1 fully saturated rings. The zero-order chi connectivity index (χ0) is 19.5. The first kappa shape index (κ1) is 18.2. The minimum atomic E-state index is -0.717. The summed E-state index contributed by atoms with van der Waals surface area (Å²) < 4.78 is 0. The monoisotopic (exact) mass is 378 g/mol. The minimum absolute atomic E-state index is 0.175. The molecule has 7 heteroatoms. The topological polar surface area (TPSA) is 91.4 Å². The quantitative estimate of drug-likeness (QED) is 0.797. The van der Waals surface area contributed by atoms with E-state index in [1.54, 1.807) is 24.5 Å². The standard InChI is InChI=1S/C21H22N4O3/c26-19(23-13-14-3-1-9-22-12-14)20(27)24-17-7-8-18-16(11-17)4-2-10-25(18)21(28)15-5-6-15/h1,3,7-9,11-12,15H,2,4-6,10,13H2,(H,23,26)(H,24,27). The van der Waals surface area contributed by atoms with Crippen molar-refractivity contribution in [2.75, 3.05) is 16.8 Å². The Hall–Kier alpha value is -3.22. The Bertz CT molecular complexity index is 909. The Morgan fingerprint density at radius 1 is 1.14 bits per heavy atom. The molecule has 1 aromatic heterocycles. The highest BCUT2D eigenvalue weighted by atomic mass is 16.2. The molecule has 0 spiro atoms. The largest absolute Gasteiger partial charge is 0.344 e. The Kier molecular flexibility index (Phi) is 5.06. The number of hydrogen-bond acceptors (Lipinski definition) is 4. The number of carbonyl (C=O) groups excluding carboxylic acids is 3. The van der Waals surface area contributed by atoms with Crippen LogP contribution in [0.5, 0.6) is 0 Å². The molecule has 0 unspecified atom stereocenters. The second kappa shape index (κ2) is 7.80. The number of aryl methyl sites for hydroxylation is 1. The number of aromatic nitrogens is 1. The van der Waals surface area contributed by atoms with Crippen LogP contribution in [-0.4, -0.2) is 29.3 Å². The third-order valence-electron chi connectivity index (χ3n) is 5.03. The highest BCUT2D eigenvalue weighted by Gasteiger charge is 2.35. The van der Waals surface area contributed by atoms with E-state index in [2.05, 4.69) is 15.6 Å². The van der Waals surface area contributed by atoms with Crippen molar-refractivity contribution in [3.8, 4) is 0 Å². The lowest BCUT2D eigenvalue weighted by Crippen LogP contribution is -2.37. The van der Waals surface area contributed by atoms with Crippen LogP contribution in [-0.2, 0) is 27.3 Å². The van der Waals surface area contributed by atoms with Gasteiger partial charge in [-0.1, -0.05) is 6.07 Å². The average Bonchev–Trinajstić information content (AvgIpc) is 3.57. The molecule has 0 saturated heterocycles. The van der Waals surface area contributed by atoms with Gasteiger partial charge in [0.25, 0.3) is 0 Å². The minimum Gasteiger partial charge on any atom is -0.344 e. The van der Waals surface area contributed by atoms with Crippen molar-refractivity contribution in [2.24, 2.45) is 5.92 Å². The molecule has 2 N–H and O–H groups in total. The van der Waals surface area contributed by atoms with Crippen LogP contribution in [0.2, 0.25) is 0 Å². The summed E-state index contributed by atoms with van der Waals surface area (Å²) >= 11 is 0. The Balaban J connectivity index is 1.39. The van der Waals surface area contributed by atoms with Crippen LogP contribution in [0.3, 0.4) is 0 Å². The molecule has 1 aromatic carbocycles. The summed E-state index contributed by atoms with van der Waals surface area (Å²) in [6, 6.07) is 9.05. The predicted molar refractivity (Wildman–Crippen MR) is 105 cm³/mol. The molecule has 4 rings (SSSR count). The molecule has 2 aromatic rings. The fourth-order valence-corrected chi connectivity index (χ4v) is 3.41. The number of rotatable bonds is 4. The average molecular weight is 378 g/mol. The van der Waals surface area contributed by atoms with Gasteiger partial charge in [-0.3, -0.25) is 19.4 Å². The summed E-state index contributed by atoms with van der Waals surface area (Å²) in [7, 11) is 0. The molecule has 0 radical (unpaired) electrons. The van der Waals surface area contributed by atoms with E-state index in [1.165, 1.54) is 0 Å². The zero-order valence-electron chi connectivity index (χ0n) is 15.5. The number of nitrogens with zero attached hydrogens (tertiary/aromatic N) is 2. The maximum atomic E-state index is 12.5. The van der Waals surface area contributed by atoms with E-state index in [1.807, 2.05) is 23.1 Å². The molecule has 2 aliphatic rings. The van der Waals surface area contributed by atoms with Crippen molar-refractivity contribution < 1.29 is 14.4 Å². The molecule has 1 aliphatic heterocycles. The fourth-order valence-electron chi connectivity index (χ4n) is 3.41. The van der Waals surface area contributed by atoms with E-state index in [9.17, 15) is 14.4 Å². The van der Waals surface area contributed by atoms with Crippen molar-refractivity contribution in [1.82, 2.24) is 10.3 Å². The maximum absolute atomic E-state index is 12.5. The fraction of sp³-hybridized carbons (Fsp3) is 0.333. The number of nitrogens with one attached hydrogen (secondary N) is 2. The van der Waals surface area contributed by atoms with Gasteiger partial charge in [-0.05, 0) is 61.1 Å². The zero-order valence-corrected chi connectivity index (χ0v) is 15.5. The normalized spacial score (nSPS) is 15.5. The van der Waals surface area contributed by atoms with E-state index in [0.717, 1.165) is 49.0 Å². The first-order valence-corrected chi connectivity index (χ1v) is 9.54. The van der Waals surface area contributed by atoms with Gasteiger partial charge in [-0.2, -0.15) is 0 Å². The summed E-state index contributed by atoms with van der Waals surface area (Å²) in [5, 5.41) is 5.22. The lowest BCUT2D eigenvalue weighted by atomic mass is 10.0. The molecule has 144 valence electrons. The van der Waals surface area contributed by atoms with E-state index < -0.39 is 11.8 Å². The Labute approximate surface area is 163 Å². The van der Waals surface area contributed by atoms with Gasteiger partial charge in [0.2, 0.25) is 5.91 Å². The van der Waals surface area contributed by atoms with Crippen LogP contribution in [0.25, 0.3) is 0 Å². The first-order valence-electron chi connectivity index (χ1n) is 9.54. The summed E-state index contributed by atoms with van der Waals surface area (Å²) in [6.07, 6.45) is 6.99. The van der Waals surface area contributed by atoms with Crippen LogP contribution in [0.1, 0.15) is 30.4 Å². The van der Waals surface area contributed by atoms with Gasteiger partial charge in [0.1, 0.15) is 0 Å². The molecular weight excluding hydrogens is 356 g/mol. The smallest absolute Gasteiger partial charge is 0.313 e. The summed E-state index contributed by atoms with van der Waals surface area (Å²) in [4.78, 5) is 42.5. The van der Waals surface area contributed by atoms with Crippen molar-refractivity contribution >= 4 is 29.1 Å². The number of anilines is 2. The van der Waals surface area contributed by atoms with Crippen molar-refractivity contribution in [3.63, 3.8) is 0 Å². The van der Waals surface area contributed by atoms with E-state index in [4.69, 9.17) is 0 Å². The van der Waals surface area contributed by atoms with E-state index >= 15 is 0 Å². The summed E-state index contributed by atoms with van der Waals surface area (Å²) in [6.45, 7) is 0.979. The lowest BCUT2D eigenvalue weighted by Gasteiger charge is -2.30. The predicted octanol–water partition coefficient (Wildman–Crippen LogP) is 2.03. The molecule has 0 atom stereocenters. The number of benzene rings is 1. The first-order chi connectivity index (χ1) is 13.6. The Morgan fingerprint density at radius 3 is 2.75 bits per heavy atom. The van der Waals surface area contributed by atoms with Crippen molar-refractivity contribution in [1.29, 1.82) is 0 Å². The van der Waals surface area contributed by atoms with E-state index in [-0.39, 0.29) is 18.4 Å². The van der Waals surface area contributed by atoms with Crippen LogP contribution in [0.15, 0.2) is 42.7 Å². The summed E-state index contributed by atoms with van der Waals surface area (Å²) in [5.74, 6) is -1.04. The van der Waals surface area contributed by atoms with Gasteiger partial charge in [0.05, 0.1) is 0 Å². The molecule has 0 bridgehead atoms. The number of fused-ring (bicyclic) bond motifs is 1. The molecule has 2 heterocycles. The number of amides is 3. The maximum Gasteiger partial charge on any atom is 0.313 e. The molecule has 7 nitrogen and oxygen atoms in total. The third kappa shape index (κ3) is 4.03. The van der Waals surface area contributed by atoms with Gasteiger partial charge >= 0.3 is 11.8 Å². The second-order valence-electron chi connectivity index (χ2n) is 7.21. The number of hydrogen-bond donors (Lipinski definition) is 2. The van der Waals surface area contributed by atoms with Gasteiger partial charge in [-0.15, -0.1) is 0 Å². The molecule has 3 amide bonds. The van der Waals surface area contributed by atoms with Gasteiger partial charge in [-0.25, -0.2) is 0 Å². The third-order valence-corrected chi connectivity index (χ3v) is 5.03. The molecule has 28 heavy (non-hydrogen) atoms. The number of pyridine rings is 1. The number of carbonyl (C=O) groups is 3.